The van der Waals surface area contributed by atoms with Gasteiger partial charge in [0.05, 0.1) is 17.0 Å². The van der Waals surface area contributed by atoms with Gasteiger partial charge in [-0.15, -0.1) is 0 Å². The van der Waals surface area contributed by atoms with E-state index in [0.29, 0.717) is 29.8 Å². The second-order valence-electron chi connectivity index (χ2n) is 8.89. The molecule has 2 heterocycles. The maximum Gasteiger partial charge on any atom is 0.320 e. The van der Waals surface area contributed by atoms with Crippen molar-refractivity contribution in [3.05, 3.63) is 64.5 Å². The molecule has 1 aromatic heterocycles. The Morgan fingerprint density at radius 3 is 2.74 bits per heavy atom. The van der Waals surface area contributed by atoms with Gasteiger partial charge in [0, 0.05) is 36.7 Å². The third-order valence-electron chi connectivity index (χ3n) is 5.58. The number of ether oxygens (including phenoxy) is 2. The molecule has 1 aliphatic rings. The number of rotatable bonds is 8. The molecular formula is C24H27N5O5. The van der Waals surface area contributed by atoms with E-state index in [2.05, 4.69) is 15.3 Å². The van der Waals surface area contributed by atoms with Crippen LogP contribution in [0.15, 0.2) is 48.8 Å². The Labute approximate surface area is 197 Å². The van der Waals surface area contributed by atoms with Gasteiger partial charge >= 0.3 is 11.7 Å². The van der Waals surface area contributed by atoms with Gasteiger partial charge in [0.2, 0.25) is 0 Å². The van der Waals surface area contributed by atoms with E-state index in [1.54, 1.807) is 6.07 Å². The lowest BCUT2D eigenvalue weighted by atomic mass is 10.1. The lowest BCUT2D eigenvalue weighted by molar-refractivity contribution is -0.385. The van der Waals surface area contributed by atoms with E-state index >= 15 is 0 Å². The average molecular weight is 466 g/mol. The summed E-state index contributed by atoms with van der Waals surface area (Å²) in [4.78, 5) is 33.6. The molecule has 2 aromatic carbocycles. The van der Waals surface area contributed by atoms with E-state index in [4.69, 9.17) is 9.47 Å². The Hall–Kier alpha value is -3.79. The molecule has 0 unspecified atom stereocenters. The number of nitrogens with zero attached hydrogens (tertiary/aromatic N) is 4. The lowest BCUT2D eigenvalue weighted by Gasteiger charge is -2.37. The number of esters is 1. The molecule has 1 saturated heterocycles. The van der Waals surface area contributed by atoms with E-state index in [-0.39, 0.29) is 36.6 Å². The Bertz CT molecular complexity index is 1200. The fourth-order valence-corrected chi connectivity index (χ4v) is 4.07. The molecule has 0 aliphatic carbocycles. The van der Waals surface area contributed by atoms with Crippen LogP contribution in [0.2, 0.25) is 0 Å². The fourth-order valence-electron chi connectivity index (χ4n) is 4.07. The second-order valence-corrected chi connectivity index (χ2v) is 8.89. The maximum absolute atomic E-state index is 11.8. The Morgan fingerprint density at radius 2 is 2.03 bits per heavy atom. The van der Waals surface area contributed by atoms with Crippen LogP contribution in [-0.4, -0.2) is 57.6 Å². The molecule has 3 aromatic rings. The van der Waals surface area contributed by atoms with Gasteiger partial charge in [-0.2, -0.15) is 0 Å². The summed E-state index contributed by atoms with van der Waals surface area (Å²) in [6.07, 6.45) is 1.42. The molecule has 1 fully saturated rings. The molecule has 4 rings (SSSR count). The van der Waals surface area contributed by atoms with Crippen molar-refractivity contribution in [3.63, 3.8) is 0 Å². The molecule has 0 spiro atoms. The van der Waals surface area contributed by atoms with Crippen molar-refractivity contribution in [3.8, 4) is 5.75 Å². The molecule has 0 amide bonds. The largest absolute Gasteiger partial charge is 0.485 e. The summed E-state index contributed by atoms with van der Waals surface area (Å²) in [5, 5.41) is 15.7. The number of carbonyl (C=O) groups is 1. The molecule has 34 heavy (non-hydrogen) atoms. The summed E-state index contributed by atoms with van der Waals surface area (Å²) in [5.41, 5.74) is 0.840. The van der Waals surface area contributed by atoms with Gasteiger partial charge in [0.25, 0.3) is 0 Å². The van der Waals surface area contributed by atoms with Gasteiger partial charge in [0.15, 0.2) is 5.75 Å². The monoisotopic (exact) mass is 465 g/mol. The smallest absolute Gasteiger partial charge is 0.320 e. The number of cyclic esters (lactones) is 1. The predicted molar refractivity (Wildman–Crippen MR) is 127 cm³/mol. The number of morpholine rings is 1. The van der Waals surface area contributed by atoms with Crippen molar-refractivity contribution in [1.82, 2.24) is 14.9 Å². The van der Waals surface area contributed by atoms with Crippen LogP contribution < -0.4 is 10.1 Å². The van der Waals surface area contributed by atoms with Crippen LogP contribution in [0, 0.1) is 10.1 Å². The van der Waals surface area contributed by atoms with Gasteiger partial charge in [0.1, 0.15) is 24.4 Å². The number of nitro benzene ring substituents is 1. The fraction of sp³-hybridized carbons (Fsp3) is 0.375. The summed E-state index contributed by atoms with van der Waals surface area (Å²) in [5.74, 6) is 0.330. The first kappa shape index (κ1) is 23.4. The van der Waals surface area contributed by atoms with Crippen molar-refractivity contribution in [2.75, 3.05) is 31.6 Å². The lowest BCUT2D eigenvalue weighted by Crippen LogP contribution is -2.51. The third-order valence-corrected chi connectivity index (χ3v) is 5.58. The first-order valence-electron chi connectivity index (χ1n) is 11.0. The van der Waals surface area contributed by atoms with Crippen LogP contribution in [0.1, 0.15) is 32.4 Å². The van der Waals surface area contributed by atoms with Crippen LogP contribution in [0.25, 0.3) is 10.9 Å². The van der Waals surface area contributed by atoms with Crippen molar-refractivity contribution < 1.29 is 19.2 Å². The standard InChI is InChI=1S/C24H27N5O5/c1-16(17-7-5-4-6-8-17)27-23-18-11-20(29(31)32)21(12-19(18)25-15-26-23)33-10-9-28-13-22(30)34-24(2,3)14-28/h4-8,11-12,15-16H,9-10,13-14H2,1-3H3,(H,25,26,27)/t16-/m1/s1. The second kappa shape index (κ2) is 9.60. The summed E-state index contributed by atoms with van der Waals surface area (Å²) in [6, 6.07) is 12.8. The highest BCUT2D eigenvalue weighted by atomic mass is 16.6. The molecule has 178 valence electrons. The molecule has 0 bridgehead atoms. The number of aromatic nitrogens is 2. The SMILES string of the molecule is C[C@@H](Nc1ncnc2cc(OCCN3CC(=O)OC(C)(C)C3)c([N+](=O)[O-])cc12)c1ccccc1. The first-order chi connectivity index (χ1) is 16.2. The number of nitrogens with one attached hydrogen (secondary N) is 1. The molecule has 1 aliphatic heterocycles. The van der Waals surface area contributed by atoms with E-state index < -0.39 is 10.5 Å². The molecule has 1 atom stereocenters. The zero-order valence-electron chi connectivity index (χ0n) is 19.4. The van der Waals surface area contributed by atoms with Crippen molar-refractivity contribution >= 4 is 28.4 Å². The Balaban J connectivity index is 1.53. The van der Waals surface area contributed by atoms with E-state index in [9.17, 15) is 14.9 Å². The van der Waals surface area contributed by atoms with Gasteiger partial charge in [-0.1, -0.05) is 30.3 Å². The van der Waals surface area contributed by atoms with Crippen molar-refractivity contribution in [2.45, 2.75) is 32.4 Å². The quantitative estimate of drug-likeness (QED) is 0.301. The van der Waals surface area contributed by atoms with Crippen LogP contribution in [0.5, 0.6) is 5.75 Å². The van der Waals surface area contributed by atoms with Crippen LogP contribution in [0.4, 0.5) is 11.5 Å². The number of benzene rings is 2. The molecule has 0 radical (unpaired) electrons. The zero-order valence-corrected chi connectivity index (χ0v) is 19.4. The van der Waals surface area contributed by atoms with Crippen LogP contribution in [-0.2, 0) is 9.53 Å². The molecule has 10 heteroatoms. The first-order valence-corrected chi connectivity index (χ1v) is 11.0. The number of carbonyl (C=O) groups excluding carboxylic acids is 1. The summed E-state index contributed by atoms with van der Waals surface area (Å²) < 4.78 is 11.1. The third kappa shape index (κ3) is 5.40. The number of nitro groups is 1. The van der Waals surface area contributed by atoms with Crippen LogP contribution >= 0.6 is 0 Å². The van der Waals surface area contributed by atoms with Gasteiger partial charge in [-0.3, -0.25) is 19.8 Å². The number of hydrogen-bond acceptors (Lipinski definition) is 9. The average Bonchev–Trinajstić information content (AvgIpc) is 2.78. The van der Waals surface area contributed by atoms with E-state index in [1.807, 2.05) is 56.0 Å². The highest BCUT2D eigenvalue weighted by molar-refractivity contribution is 5.92. The summed E-state index contributed by atoms with van der Waals surface area (Å²) in [6.45, 7) is 7.01. The normalized spacial score (nSPS) is 16.6. The van der Waals surface area contributed by atoms with Crippen molar-refractivity contribution in [2.24, 2.45) is 0 Å². The number of fused-ring (bicyclic) bond motifs is 1. The van der Waals surface area contributed by atoms with Gasteiger partial charge in [-0.25, -0.2) is 9.97 Å². The van der Waals surface area contributed by atoms with Gasteiger partial charge < -0.3 is 14.8 Å². The van der Waals surface area contributed by atoms with Crippen LogP contribution in [0.3, 0.4) is 0 Å². The topological polar surface area (TPSA) is 120 Å². The minimum Gasteiger partial charge on any atom is -0.485 e. The Morgan fingerprint density at radius 1 is 1.26 bits per heavy atom. The molecule has 1 N–H and O–H groups in total. The maximum atomic E-state index is 11.8. The molecule has 10 nitrogen and oxygen atoms in total. The highest BCUT2D eigenvalue weighted by Gasteiger charge is 2.32. The van der Waals surface area contributed by atoms with Crippen molar-refractivity contribution in [1.29, 1.82) is 0 Å². The number of anilines is 1. The minimum atomic E-state index is -0.582. The van der Waals surface area contributed by atoms with Gasteiger partial charge in [-0.05, 0) is 26.3 Å². The Kier molecular flexibility index (Phi) is 6.60. The number of hydrogen-bond donors (Lipinski definition) is 1. The minimum absolute atomic E-state index is 0.0604. The zero-order chi connectivity index (χ0) is 24.3. The highest BCUT2D eigenvalue weighted by Crippen LogP contribution is 2.34. The van der Waals surface area contributed by atoms with E-state index in [1.165, 1.54) is 12.4 Å². The predicted octanol–water partition coefficient (Wildman–Crippen LogP) is 3.73. The van der Waals surface area contributed by atoms with E-state index in [0.717, 1.165) is 5.56 Å². The summed E-state index contributed by atoms with van der Waals surface area (Å²) >= 11 is 0. The molecular weight excluding hydrogens is 438 g/mol. The molecule has 0 saturated carbocycles. The summed E-state index contributed by atoms with van der Waals surface area (Å²) in [7, 11) is 0.